The van der Waals surface area contributed by atoms with Crippen molar-refractivity contribution in [2.45, 2.75) is 0 Å². The topological polar surface area (TPSA) is 60.8 Å². The predicted octanol–water partition coefficient (Wildman–Crippen LogP) is 0.690. The highest BCUT2D eigenvalue weighted by molar-refractivity contribution is 5.75. The highest BCUT2D eigenvalue weighted by Crippen LogP contribution is 2.28. The zero-order valence-corrected chi connectivity index (χ0v) is 6.56. The van der Waals surface area contributed by atoms with E-state index in [0.29, 0.717) is 12.1 Å². The Morgan fingerprint density at radius 3 is 2.50 bits per heavy atom. The van der Waals surface area contributed by atoms with Crippen LogP contribution in [0.1, 0.15) is 0 Å². The molecule has 1 rings (SSSR count). The molecule has 0 atom stereocenters. The van der Waals surface area contributed by atoms with Crippen molar-refractivity contribution >= 4 is 12.1 Å². The van der Waals surface area contributed by atoms with Gasteiger partial charge in [-0.25, -0.2) is 0 Å². The molecule has 0 aromatic heterocycles. The third kappa shape index (κ3) is 1.47. The van der Waals surface area contributed by atoms with Crippen molar-refractivity contribution in [3.8, 4) is 11.5 Å². The molecule has 0 bridgehead atoms. The molecule has 0 unspecified atom stereocenters. The van der Waals surface area contributed by atoms with E-state index in [1.807, 2.05) is 0 Å². The molecular formula is C8H9NO3. The molecule has 0 saturated heterocycles. The Kier molecular flexibility index (Phi) is 2.19. The summed E-state index contributed by atoms with van der Waals surface area (Å²) >= 11 is 0. The number of hydrogen-bond acceptors (Lipinski definition) is 3. The monoisotopic (exact) mass is 167 g/mol. The standard InChI is InChI=1S/C8H9NO3/c1-9(5-10)6-2-3-7(11)8(12)4-6/h2-5,11-12H,1H3. The van der Waals surface area contributed by atoms with Gasteiger partial charge < -0.3 is 15.1 Å². The normalized spacial score (nSPS) is 9.42. The van der Waals surface area contributed by atoms with E-state index in [1.165, 1.54) is 23.1 Å². The van der Waals surface area contributed by atoms with E-state index in [0.717, 1.165) is 0 Å². The molecule has 0 aliphatic heterocycles. The number of phenols is 2. The fourth-order valence-corrected chi connectivity index (χ4v) is 0.792. The molecule has 0 radical (unpaired) electrons. The Bertz CT molecular complexity index is 298. The van der Waals surface area contributed by atoms with Gasteiger partial charge in [-0.2, -0.15) is 0 Å². The molecule has 4 heteroatoms. The number of benzene rings is 1. The Labute approximate surface area is 69.7 Å². The highest BCUT2D eigenvalue weighted by atomic mass is 16.3. The summed E-state index contributed by atoms with van der Waals surface area (Å²) in [5, 5.41) is 18.0. The van der Waals surface area contributed by atoms with Gasteiger partial charge in [-0.05, 0) is 12.1 Å². The van der Waals surface area contributed by atoms with E-state index in [1.54, 1.807) is 7.05 Å². The maximum absolute atomic E-state index is 10.3. The molecule has 0 saturated carbocycles. The van der Waals surface area contributed by atoms with Crippen LogP contribution in [0.2, 0.25) is 0 Å². The number of phenolic OH excluding ortho intramolecular Hbond substituents is 2. The summed E-state index contributed by atoms with van der Waals surface area (Å²) in [6, 6.07) is 4.16. The van der Waals surface area contributed by atoms with Crippen molar-refractivity contribution in [2.24, 2.45) is 0 Å². The Hall–Kier alpha value is -1.71. The van der Waals surface area contributed by atoms with Crippen LogP contribution in [0.15, 0.2) is 18.2 Å². The predicted molar refractivity (Wildman–Crippen MR) is 44.2 cm³/mol. The number of nitrogens with zero attached hydrogens (tertiary/aromatic N) is 1. The molecule has 0 spiro atoms. The van der Waals surface area contributed by atoms with E-state index >= 15 is 0 Å². The van der Waals surface area contributed by atoms with Gasteiger partial charge in [0.2, 0.25) is 6.41 Å². The first kappa shape index (κ1) is 8.39. The van der Waals surface area contributed by atoms with Crippen molar-refractivity contribution in [2.75, 3.05) is 11.9 Å². The average Bonchev–Trinajstić information content (AvgIpc) is 2.08. The molecule has 4 nitrogen and oxygen atoms in total. The van der Waals surface area contributed by atoms with E-state index in [4.69, 9.17) is 10.2 Å². The van der Waals surface area contributed by atoms with Gasteiger partial charge >= 0.3 is 0 Å². The van der Waals surface area contributed by atoms with Gasteiger partial charge in [0, 0.05) is 18.8 Å². The molecule has 0 fully saturated rings. The lowest BCUT2D eigenvalue weighted by molar-refractivity contribution is -0.107. The Morgan fingerprint density at radius 1 is 1.33 bits per heavy atom. The van der Waals surface area contributed by atoms with Crippen molar-refractivity contribution in [1.29, 1.82) is 0 Å². The van der Waals surface area contributed by atoms with Crippen LogP contribution >= 0.6 is 0 Å². The number of anilines is 1. The second-order valence-electron chi connectivity index (χ2n) is 2.39. The highest BCUT2D eigenvalue weighted by Gasteiger charge is 2.02. The summed E-state index contributed by atoms with van der Waals surface area (Å²) < 4.78 is 0. The molecule has 12 heavy (non-hydrogen) atoms. The van der Waals surface area contributed by atoms with Crippen molar-refractivity contribution < 1.29 is 15.0 Å². The van der Waals surface area contributed by atoms with Crippen LogP contribution in [0.25, 0.3) is 0 Å². The van der Waals surface area contributed by atoms with Crippen LogP contribution in [0.5, 0.6) is 11.5 Å². The zero-order valence-electron chi connectivity index (χ0n) is 6.56. The van der Waals surface area contributed by atoms with Crippen molar-refractivity contribution in [1.82, 2.24) is 0 Å². The minimum Gasteiger partial charge on any atom is -0.504 e. The quantitative estimate of drug-likeness (QED) is 0.503. The second-order valence-corrected chi connectivity index (χ2v) is 2.39. The molecule has 0 heterocycles. The van der Waals surface area contributed by atoms with Crippen molar-refractivity contribution in [3.05, 3.63) is 18.2 Å². The summed E-state index contributed by atoms with van der Waals surface area (Å²) in [7, 11) is 1.55. The number of aromatic hydroxyl groups is 2. The van der Waals surface area contributed by atoms with Gasteiger partial charge in [-0.15, -0.1) is 0 Å². The van der Waals surface area contributed by atoms with Gasteiger partial charge in [0.1, 0.15) is 0 Å². The van der Waals surface area contributed by atoms with Crippen LogP contribution in [-0.4, -0.2) is 23.7 Å². The summed E-state index contributed by atoms with van der Waals surface area (Å²) in [4.78, 5) is 11.6. The lowest BCUT2D eigenvalue weighted by Gasteiger charge is -2.10. The van der Waals surface area contributed by atoms with Crippen LogP contribution in [-0.2, 0) is 4.79 Å². The van der Waals surface area contributed by atoms with E-state index < -0.39 is 0 Å². The fraction of sp³-hybridized carbons (Fsp3) is 0.125. The number of carbonyl (C=O) groups is 1. The van der Waals surface area contributed by atoms with Gasteiger partial charge in [0.15, 0.2) is 11.5 Å². The molecule has 1 aromatic carbocycles. The van der Waals surface area contributed by atoms with Crippen LogP contribution in [0.3, 0.4) is 0 Å². The maximum Gasteiger partial charge on any atom is 0.213 e. The minimum absolute atomic E-state index is 0.196. The van der Waals surface area contributed by atoms with E-state index in [2.05, 4.69) is 0 Å². The first-order valence-corrected chi connectivity index (χ1v) is 3.35. The first-order chi connectivity index (χ1) is 5.65. The average molecular weight is 167 g/mol. The number of carbonyl (C=O) groups excluding carboxylic acids is 1. The zero-order chi connectivity index (χ0) is 9.14. The smallest absolute Gasteiger partial charge is 0.213 e. The fourth-order valence-electron chi connectivity index (χ4n) is 0.792. The summed E-state index contributed by atoms with van der Waals surface area (Å²) in [6.45, 7) is 0. The minimum atomic E-state index is -0.235. The molecule has 64 valence electrons. The van der Waals surface area contributed by atoms with Crippen LogP contribution in [0, 0.1) is 0 Å². The largest absolute Gasteiger partial charge is 0.504 e. The van der Waals surface area contributed by atoms with Crippen LogP contribution < -0.4 is 4.90 Å². The SMILES string of the molecule is CN(C=O)c1ccc(O)c(O)c1. The first-order valence-electron chi connectivity index (χ1n) is 3.35. The molecular weight excluding hydrogens is 158 g/mol. The van der Waals surface area contributed by atoms with Gasteiger partial charge in [-0.1, -0.05) is 0 Å². The number of hydrogen-bond donors (Lipinski definition) is 2. The maximum atomic E-state index is 10.3. The molecule has 0 aliphatic carbocycles. The molecule has 1 aromatic rings. The van der Waals surface area contributed by atoms with E-state index in [-0.39, 0.29) is 11.5 Å². The molecule has 1 amide bonds. The lowest BCUT2D eigenvalue weighted by atomic mass is 10.2. The number of amides is 1. The number of rotatable bonds is 2. The van der Waals surface area contributed by atoms with Gasteiger partial charge in [0.25, 0.3) is 0 Å². The van der Waals surface area contributed by atoms with E-state index in [9.17, 15) is 4.79 Å². The summed E-state index contributed by atoms with van der Waals surface area (Å²) in [5.74, 6) is -0.431. The Balaban J connectivity index is 3.04. The van der Waals surface area contributed by atoms with Gasteiger partial charge in [-0.3, -0.25) is 4.79 Å². The summed E-state index contributed by atoms with van der Waals surface area (Å²) in [5.41, 5.74) is 0.528. The molecule has 0 aliphatic rings. The third-order valence-electron chi connectivity index (χ3n) is 1.52. The second kappa shape index (κ2) is 3.13. The van der Waals surface area contributed by atoms with Crippen LogP contribution in [0.4, 0.5) is 5.69 Å². The lowest BCUT2D eigenvalue weighted by Crippen LogP contribution is -2.13. The van der Waals surface area contributed by atoms with Gasteiger partial charge in [0.05, 0.1) is 0 Å². The molecule has 2 N–H and O–H groups in total. The summed E-state index contributed by atoms with van der Waals surface area (Å²) in [6.07, 6.45) is 0.617. The Morgan fingerprint density at radius 2 is 2.00 bits per heavy atom. The third-order valence-corrected chi connectivity index (χ3v) is 1.52. The van der Waals surface area contributed by atoms with Crippen molar-refractivity contribution in [3.63, 3.8) is 0 Å².